The van der Waals surface area contributed by atoms with Crippen molar-refractivity contribution in [1.82, 2.24) is 10.2 Å². The second kappa shape index (κ2) is 6.52. The summed E-state index contributed by atoms with van der Waals surface area (Å²) in [5.74, 6) is -1.17. The lowest BCUT2D eigenvalue weighted by Crippen LogP contribution is -2.46. The van der Waals surface area contributed by atoms with Gasteiger partial charge in [0.25, 0.3) is 5.91 Å². The van der Waals surface area contributed by atoms with Gasteiger partial charge in [-0.05, 0) is 61.1 Å². The van der Waals surface area contributed by atoms with Gasteiger partial charge in [-0.15, -0.1) is 0 Å². The van der Waals surface area contributed by atoms with Gasteiger partial charge in [0.1, 0.15) is 5.54 Å². The fourth-order valence-electron chi connectivity index (χ4n) is 4.78. The number of aryl methyl sites for hydroxylation is 1. The molecule has 30 heavy (non-hydrogen) atoms. The minimum absolute atomic E-state index is 0.110. The molecular weight excluding hydrogens is 382 g/mol. The number of Topliss-reactive ketones (excluding diaryl/α,β-unsaturated/α-hetero) is 1. The molecule has 0 radical (unpaired) electrons. The number of imide groups is 1. The summed E-state index contributed by atoms with van der Waals surface area (Å²) < 4.78 is 0. The van der Waals surface area contributed by atoms with Crippen LogP contribution >= 0.6 is 0 Å². The molecule has 2 N–H and O–H groups in total. The molecule has 2 atom stereocenters. The Kier molecular flexibility index (Phi) is 4.03. The van der Waals surface area contributed by atoms with Crippen LogP contribution in [0.2, 0.25) is 0 Å². The molecule has 7 nitrogen and oxygen atoms in total. The number of amides is 4. The van der Waals surface area contributed by atoms with Gasteiger partial charge in [-0.1, -0.05) is 24.3 Å². The Bertz CT molecular complexity index is 1130. The predicted molar refractivity (Wildman–Crippen MR) is 109 cm³/mol. The lowest BCUT2D eigenvalue weighted by atomic mass is 9.76. The molecule has 4 amide bonds. The van der Waals surface area contributed by atoms with Crippen LogP contribution in [0.5, 0.6) is 0 Å². The van der Waals surface area contributed by atoms with Crippen LogP contribution in [0.15, 0.2) is 42.5 Å². The van der Waals surface area contributed by atoms with Gasteiger partial charge >= 0.3 is 6.03 Å². The van der Waals surface area contributed by atoms with Crippen molar-refractivity contribution in [3.05, 3.63) is 64.7 Å². The first kappa shape index (κ1) is 18.5. The van der Waals surface area contributed by atoms with E-state index < -0.39 is 11.6 Å². The van der Waals surface area contributed by atoms with Gasteiger partial charge in [-0.3, -0.25) is 19.3 Å². The van der Waals surface area contributed by atoms with Crippen LogP contribution in [0, 0.1) is 0 Å². The topological polar surface area (TPSA) is 95.6 Å². The predicted octanol–water partition coefficient (Wildman–Crippen LogP) is 2.71. The Morgan fingerprint density at radius 1 is 1.17 bits per heavy atom. The van der Waals surface area contributed by atoms with E-state index in [1.165, 1.54) is 0 Å². The Labute approximate surface area is 173 Å². The molecule has 5 rings (SSSR count). The highest BCUT2D eigenvalue weighted by molar-refractivity contribution is 6.12. The summed E-state index contributed by atoms with van der Waals surface area (Å²) in [6.07, 6.45) is 2.16. The second-order valence-corrected chi connectivity index (χ2v) is 8.17. The molecule has 1 spiro atoms. The smallest absolute Gasteiger partial charge is 0.325 e. The molecular formula is C23H21N3O4. The van der Waals surface area contributed by atoms with Gasteiger partial charge in [0.2, 0.25) is 5.91 Å². The zero-order valence-electron chi connectivity index (χ0n) is 16.5. The van der Waals surface area contributed by atoms with Crippen LogP contribution in [0.25, 0.3) is 0 Å². The van der Waals surface area contributed by atoms with Crippen LogP contribution in [0.1, 0.15) is 52.7 Å². The molecule has 0 saturated carbocycles. The monoisotopic (exact) mass is 403 g/mol. The number of fused-ring (bicyclic) bond motifs is 3. The fraction of sp³-hybridized carbons (Fsp3) is 0.304. The molecule has 2 aliphatic heterocycles. The fourth-order valence-corrected chi connectivity index (χ4v) is 4.78. The summed E-state index contributed by atoms with van der Waals surface area (Å²) >= 11 is 0. The molecule has 0 unspecified atom stereocenters. The van der Waals surface area contributed by atoms with Crippen molar-refractivity contribution in [2.24, 2.45) is 0 Å². The number of urea groups is 1. The van der Waals surface area contributed by atoms with Crippen molar-refractivity contribution < 1.29 is 19.2 Å². The SMILES string of the molecule is C[C@H]1C(=O)Nc2ccc(C(=O)CN3C(=O)N[C@]4(CCCc5ccccc54)C3=O)cc21. The number of benzene rings is 2. The van der Waals surface area contributed by atoms with E-state index in [0.717, 1.165) is 34.4 Å². The molecule has 152 valence electrons. The van der Waals surface area contributed by atoms with Crippen molar-refractivity contribution in [3.8, 4) is 0 Å². The number of rotatable bonds is 3. The molecule has 2 heterocycles. The van der Waals surface area contributed by atoms with E-state index in [0.29, 0.717) is 17.7 Å². The third-order valence-corrected chi connectivity index (χ3v) is 6.44. The highest BCUT2D eigenvalue weighted by Crippen LogP contribution is 2.40. The molecule has 2 aromatic rings. The maximum Gasteiger partial charge on any atom is 0.325 e. The Hall–Kier alpha value is -3.48. The van der Waals surface area contributed by atoms with Crippen LogP contribution < -0.4 is 10.6 Å². The van der Waals surface area contributed by atoms with Crippen LogP contribution in [-0.2, 0) is 21.5 Å². The average molecular weight is 403 g/mol. The molecule has 0 bridgehead atoms. The number of carbonyl (C=O) groups excluding carboxylic acids is 4. The third-order valence-electron chi connectivity index (χ3n) is 6.44. The first-order valence-corrected chi connectivity index (χ1v) is 10.1. The van der Waals surface area contributed by atoms with Crippen LogP contribution in [0.3, 0.4) is 0 Å². The van der Waals surface area contributed by atoms with E-state index in [1.807, 2.05) is 24.3 Å². The highest BCUT2D eigenvalue weighted by atomic mass is 16.2. The lowest BCUT2D eigenvalue weighted by molar-refractivity contribution is -0.131. The highest BCUT2D eigenvalue weighted by Gasteiger charge is 2.54. The van der Waals surface area contributed by atoms with E-state index in [9.17, 15) is 19.2 Å². The normalized spacial score (nSPS) is 24.5. The minimum Gasteiger partial charge on any atom is -0.325 e. The van der Waals surface area contributed by atoms with Crippen LogP contribution in [-0.4, -0.2) is 35.1 Å². The van der Waals surface area contributed by atoms with Crippen molar-refractivity contribution in [2.45, 2.75) is 37.6 Å². The van der Waals surface area contributed by atoms with Crippen molar-refractivity contribution in [2.75, 3.05) is 11.9 Å². The Morgan fingerprint density at radius 3 is 2.80 bits per heavy atom. The summed E-state index contributed by atoms with van der Waals surface area (Å²) in [5, 5.41) is 5.64. The first-order chi connectivity index (χ1) is 14.4. The van der Waals surface area contributed by atoms with E-state index in [1.54, 1.807) is 25.1 Å². The number of nitrogens with one attached hydrogen (secondary N) is 2. The Morgan fingerprint density at radius 2 is 1.97 bits per heavy atom. The second-order valence-electron chi connectivity index (χ2n) is 8.17. The summed E-state index contributed by atoms with van der Waals surface area (Å²) in [6.45, 7) is 1.44. The quantitative estimate of drug-likeness (QED) is 0.608. The number of carbonyl (C=O) groups is 4. The van der Waals surface area contributed by atoms with Crippen molar-refractivity contribution in [1.29, 1.82) is 0 Å². The van der Waals surface area contributed by atoms with E-state index >= 15 is 0 Å². The number of hydrogen-bond donors (Lipinski definition) is 2. The maximum atomic E-state index is 13.3. The van der Waals surface area contributed by atoms with Crippen molar-refractivity contribution in [3.63, 3.8) is 0 Å². The lowest BCUT2D eigenvalue weighted by Gasteiger charge is -2.33. The summed E-state index contributed by atoms with van der Waals surface area (Å²) in [5.41, 5.74) is 2.60. The first-order valence-electron chi connectivity index (χ1n) is 10.1. The molecule has 0 aromatic heterocycles. The summed E-state index contributed by atoms with van der Waals surface area (Å²) in [7, 11) is 0. The number of nitrogens with zero attached hydrogens (tertiary/aromatic N) is 1. The molecule has 3 aliphatic rings. The van der Waals surface area contributed by atoms with Gasteiger partial charge < -0.3 is 10.6 Å². The number of hydrogen-bond acceptors (Lipinski definition) is 4. The number of anilines is 1. The molecule has 1 saturated heterocycles. The van der Waals surface area contributed by atoms with Gasteiger partial charge in [-0.25, -0.2) is 4.79 Å². The van der Waals surface area contributed by atoms with E-state index in [2.05, 4.69) is 10.6 Å². The molecule has 2 aromatic carbocycles. The van der Waals surface area contributed by atoms with Gasteiger partial charge in [0.15, 0.2) is 5.78 Å². The molecule has 7 heteroatoms. The van der Waals surface area contributed by atoms with Gasteiger partial charge in [0.05, 0.1) is 12.5 Å². The van der Waals surface area contributed by atoms with Crippen LogP contribution in [0.4, 0.5) is 10.5 Å². The maximum absolute atomic E-state index is 13.3. The zero-order valence-corrected chi connectivity index (χ0v) is 16.5. The number of ketones is 1. The van der Waals surface area contributed by atoms with Gasteiger partial charge in [0, 0.05) is 11.3 Å². The Balaban J connectivity index is 1.42. The van der Waals surface area contributed by atoms with Crippen molar-refractivity contribution >= 4 is 29.3 Å². The van der Waals surface area contributed by atoms with E-state index in [-0.39, 0.29) is 30.1 Å². The third kappa shape index (κ3) is 2.58. The largest absolute Gasteiger partial charge is 0.325 e. The summed E-state index contributed by atoms with van der Waals surface area (Å²) in [4.78, 5) is 51.8. The summed E-state index contributed by atoms with van der Waals surface area (Å²) in [6, 6.07) is 12.1. The zero-order chi connectivity index (χ0) is 21.0. The van der Waals surface area contributed by atoms with Gasteiger partial charge in [-0.2, -0.15) is 0 Å². The molecule has 1 aliphatic carbocycles. The average Bonchev–Trinajstić information content (AvgIpc) is 3.16. The standard InChI is InChI=1S/C23H21N3O4/c1-13-16-11-15(8-9-18(16)24-20(13)28)19(27)12-26-21(29)23(25-22(26)30)10-4-6-14-5-2-3-7-17(14)23/h2-3,5,7-9,11,13H,4,6,10,12H2,1H3,(H,24,28)(H,25,30)/t13-,23+/m1/s1. The molecule has 1 fully saturated rings. The minimum atomic E-state index is -1.09. The van der Waals surface area contributed by atoms with E-state index in [4.69, 9.17) is 0 Å².